The molecule has 29 heavy (non-hydrogen) atoms. The Kier molecular flexibility index (Phi) is 5.27. The Bertz CT molecular complexity index is 1160. The molecule has 0 unspecified atom stereocenters. The smallest absolute Gasteiger partial charge is 0.251 e. The van der Waals surface area contributed by atoms with E-state index in [1.165, 1.54) is 0 Å². The van der Waals surface area contributed by atoms with Crippen molar-refractivity contribution in [1.29, 1.82) is 0 Å². The number of para-hydroxylation sites is 1. The summed E-state index contributed by atoms with van der Waals surface area (Å²) >= 11 is 6.11. The highest BCUT2D eigenvalue weighted by Crippen LogP contribution is 2.30. The van der Waals surface area contributed by atoms with Crippen LogP contribution in [-0.4, -0.2) is 14.3 Å². The van der Waals surface area contributed by atoms with Crippen LogP contribution in [0.5, 0.6) is 0 Å². The lowest BCUT2D eigenvalue weighted by Crippen LogP contribution is -2.38. The number of amides is 1. The number of carbonyl (C=O) groups is 1. The lowest BCUT2D eigenvalue weighted by molar-refractivity contribution is 0.0951. The summed E-state index contributed by atoms with van der Waals surface area (Å²) in [4.78, 5) is 12.6. The highest BCUT2D eigenvalue weighted by Gasteiger charge is 2.29. The Labute approximate surface area is 174 Å². The van der Waals surface area contributed by atoms with Gasteiger partial charge in [0.15, 0.2) is 0 Å². The third-order valence-electron chi connectivity index (χ3n) is 4.65. The zero-order chi connectivity index (χ0) is 20.4. The van der Waals surface area contributed by atoms with Gasteiger partial charge in [-0.05, 0) is 41.5 Å². The molecule has 0 aromatic heterocycles. The molecule has 0 saturated heterocycles. The van der Waals surface area contributed by atoms with Crippen LogP contribution in [-0.2, 0) is 16.6 Å². The first-order valence-electron chi connectivity index (χ1n) is 8.93. The molecule has 0 bridgehead atoms. The third-order valence-corrected chi connectivity index (χ3v) is 6.50. The standard InChI is InChI=1S/C21H18ClN3O3S/c22-17-6-2-1-5-16(17)13-23-21(26)15-11-9-14(10-12-15)20-24-18-7-3-4-8-19(18)29(27,28)25-20/h1-12,20,24-25H,13H2,(H,23,26)/t20-/m0/s1. The number of rotatable bonds is 4. The zero-order valence-corrected chi connectivity index (χ0v) is 16.8. The number of nitrogens with one attached hydrogen (secondary N) is 3. The second-order valence-corrected chi connectivity index (χ2v) is 8.68. The topological polar surface area (TPSA) is 87.3 Å². The lowest BCUT2D eigenvalue weighted by atomic mass is 10.1. The summed E-state index contributed by atoms with van der Waals surface area (Å²) in [5, 5.41) is 6.59. The van der Waals surface area contributed by atoms with Crippen molar-refractivity contribution in [3.63, 3.8) is 0 Å². The molecule has 0 fully saturated rings. The van der Waals surface area contributed by atoms with Crippen molar-refractivity contribution in [1.82, 2.24) is 10.0 Å². The summed E-state index contributed by atoms with van der Waals surface area (Å²) in [6.45, 7) is 0.320. The molecule has 4 rings (SSSR count). The van der Waals surface area contributed by atoms with Gasteiger partial charge in [-0.25, -0.2) is 8.42 Å². The van der Waals surface area contributed by atoms with Gasteiger partial charge in [0.05, 0.1) is 5.69 Å². The fraction of sp³-hybridized carbons (Fsp3) is 0.0952. The van der Waals surface area contributed by atoms with Crippen LogP contribution in [0.25, 0.3) is 0 Å². The molecule has 3 aromatic carbocycles. The second kappa shape index (κ2) is 7.87. The molecule has 0 spiro atoms. The Morgan fingerprint density at radius 3 is 2.41 bits per heavy atom. The van der Waals surface area contributed by atoms with Crippen molar-refractivity contribution in [2.45, 2.75) is 17.6 Å². The Balaban J connectivity index is 1.47. The van der Waals surface area contributed by atoms with Crippen LogP contribution in [0.3, 0.4) is 0 Å². The summed E-state index contributed by atoms with van der Waals surface area (Å²) in [6.07, 6.45) is -0.616. The summed E-state index contributed by atoms with van der Waals surface area (Å²) in [6, 6.07) is 20.8. The monoisotopic (exact) mass is 427 g/mol. The van der Waals surface area contributed by atoms with E-state index in [0.717, 1.165) is 5.56 Å². The molecule has 3 aromatic rings. The number of halogens is 1. The second-order valence-electron chi connectivity index (χ2n) is 6.59. The Morgan fingerprint density at radius 2 is 1.66 bits per heavy atom. The van der Waals surface area contributed by atoms with Crippen molar-refractivity contribution in [3.05, 3.63) is 94.5 Å². The van der Waals surface area contributed by atoms with Crippen LogP contribution in [0.2, 0.25) is 5.02 Å². The molecule has 1 heterocycles. The Hall–Kier alpha value is -2.87. The number of hydrogen-bond acceptors (Lipinski definition) is 4. The normalized spacial score (nSPS) is 17.1. The van der Waals surface area contributed by atoms with Crippen LogP contribution >= 0.6 is 11.6 Å². The van der Waals surface area contributed by atoms with E-state index < -0.39 is 16.2 Å². The van der Waals surface area contributed by atoms with Crippen molar-refractivity contribution in [2.24, 2.45) is 0 Å². The number of carbonyl (C=O) groups excluding carboxylic acids is 1. The molecular weight excluding hydrogens is 410 g/mol. The van der Waals surface area contributed by atoms with Gasteiger partial charge in [-0.1, -0.05) is 54.1 Å². The predicted octanol–water partition coefficient (Wildman–Crippen LogP) is 3.67. The van der Waals surface area contributed by atoms with Crippen molar-refractivity contribution < 1.29 is 13.2 Å². The molecule has 6 nitrogen and oxygen atoms in total. The SMILES string of the molecule is O=C(NCc1ccccc1Cl)c1ccc([C@H]2Nc3ccccc3S(=O)(=O)N2)cc1. The van der Waals surface area contributed by atoms with E-state index in [1.54, 1.807) is 54.6 Å². The molecule has 1 aliphatic heterocycles. The summed E-state index contributed by atoms with van der Waals surface area (Å²) < 4.78 is 27.5. The maximum atomic E-state index is 12.5. The van der Waals surface area contributed by atoms with Gasteiger partial charge in [0.25, 0.3) is 5.91 Å². The van der Waals surface area contributed by atoms with Gasteiger partial charge in [0, 0.05) is 17.1 Å². The highest BCUT2D eigenvalue weighted by atomic mass is 35.5. The van der Waals surface area contributed by atoms with E-state index in [9.17, 15) is 13.2 Å². The minimum absolute atomic E-state index is 0.215. The van der Waals surface area contributed by atoms with Gasteiger partial charge < -0.3 is 10.6 Å². The van der Waals surface area contributed by atoms with Gasteiger partial charge in [-0.15, -0.1) is 0 Å². The van der Waals surface area contributed by atoms with Gasteiger partial charge in [0.2, 0.25) is 10.0 Å². The molecule has 0 radical (unpaired) electrons. The summed E-state index contributed by atoms with van der Waals surface area (Å²) in [5.41, 5.74) is 2.54. The summed E-state index contributed by atoms with van der Waals surface area (Å²) in [5.74, 6) is -0.237. The van der Waals surface area contributed by atoms with Gasteiger partial charge >= 0.3 is 0 Å². The average molecular weight is 428 g/mol. The maximum Gasteiger partial charge on any atom is 0.251 e. The van der Waals surface area contributed by atoms with Crippen LogP contribution < -0.4 is 15.4 Å². The fourth-order valence-corrected chi connectivity index (χ4v) is 4.63. The number of hydrogen-bond donors (Lipinski definition) is 3. The first-order valence-corrected chi connectivity index (χ1v) is 10.8. The quantitative estimate of drug-likeness (QED) is 0.592. The van der Waals surface area contributed by atoms with Crippen LogP contribution in [0, 0.1) is 0 Å². The van der Waals surface area contributed by atoms with E-state index >= 15 is 0 Å². The molecule has 1 aliphatic rings. The molecule has 8 heteroatoms. The van der Waals surface area contributed by atoms with Crippen molar-refractivity contribution in [3.8, 4) is 0 Å². The predicted molar refractivity (Wildman–Crippen MR) is 112 cm³/mol. The number of sulfonamides is 1. The summed E-state index contributed by atoms with van der Waals surface area (Å²) in [7, 11) is -3.61. The maximum absolute atomic E-state index is 12.5. The fourth-order valence-electron chi connectivity index (χ4n) is 3.12. The Morgan fingerprint density at radius 1 is 0.966 bits per heavy atom. The number of anilines is 1. The van der Waals surface area contributed by atoms with E-state index in [4.69, 9.17) is 11.6 Å². The van der Waals surface area contributed by atoms with E-state index in [-0.39, 0.29) is 10.8 Å². The van der Waals surface area contributed by atoms with Crippen LogP contribution in [0.1, 0.15) is 27.7 Å². The largest absolute Gasteiger partial charge is 0.364 e. The molecule has 0 saturated carbocycles. The van der Waals surface area contributed by atoms with E-state index in [2.05, 4.69) is 15.4 Å². The average Bonchev–Trinajstić information content (AvgIpc) is 2.72. The molecular formula is C21H18ClN3O3S. The van der Waals surface area contributed by atoms with Crippen molar-refractivity contribution >= 4 is 33.2 Å². The van der Waals surface area contributed by atoms with Crippen molar-refractivity contribution in [2.75, 3.05) is 5.32 Å². The molecule has 0 aliphatic carbocycles. The minimum atomic E-state index is -3.61. The van der Waals surface area contributed by atoms with Gasteiger partial charge in [0.1, 0.15) is 11.1 Å². The minimum Gasteiger partial charge on any atom is -0.364 e. The molecule has 1 atom stereocenters. The number of fused-ring (bicyclic) bond motifs is 1. The zero-order valence-electron chi connectivity index (χ0n) is 15.2. The van der Waals surface area contributed by atoms with E-state index in [0.29, 0.717) is 28.4 Å². The van der Waals surface area contributed by atoms with E-state index in [1.807, 2.05) is 18.2 Å². The molecule has 3 N–H and O–H groups in total. The first kappa shape index (κ1) is 19.4. The molecule has 1 amide bonds. The first-order chi connectivity index (χ1) is 13.9. The van der Waals surface area contributed by atoms with Gasteiger partial charge in [-0.2, -0.15) is 4.72 Å². The number of benzene rings is 3. The lowest BCUT2D eigenvalue weighted by Gasteiger charge is -2.28. The van der Waals surface area contributed by atoms with Crippen LogP contribution in [0.15, 0.2) is 77.7 Å². The van der Waals surface area contributed by atoms with Crippen LogP contribution in [0.4, 0.5) is 5.69 Å². The van der Waals surface area contributed by atoms with Gasteiger partial charge in [-0.3, -0.25) is 4.79 Å². The highest BCUT2D eigenvalue weighted by molar-refractivity contribution is 7.89. The molecule has 148 valence electrons. The third kappa shape index (κ3) is 4.12.